The molecule has 0 aliphatic rings. The standard InChI is InChI=1S/C16H23N5O2/c1-4-23-10-6-9-17-16(22)14-8-5-7-13(11-14)15-18-19-20-21(15)12(2)3/h5,7-8,11-12H,4,6,9-10H2,1-3H3,(H,17,22). The molecule has 2 aromatic rings. The Morgan fingerprint density at radius 3 is 2.96 bits per heavy atom. The molecule has 0 saturated heterocycles. The van der Waals surface area contributed by atoms with Gasteiger partial charge >= 0.3 is 0 Å². The number of nitrogens with zero attached hydrogens (tertiary/aromatic N) is 4. The summed E-state index contributed by atoms with van der Waals surface area (Å²) in [4.78, 5) is 12.2. The smallest absolute Gasteiger partial charge is 0.251 e. The highest BCUT2D eigenvalue weighted by molar-refractivity contribution is 5.95. The molecule has 0 aliphatic heterocycles. The summed E-state index contributed by atoms with van der Waals surface area (Å²) in [6.07, 6.45) is 0.796. The van der Waals surface area contributed by atoms with Crippen LogP contribution >= 0.6 is 0 Å². The van der Waals surface area contributed by atoms with E-state index in [0.717, 1.165) is 12.0 Å². The first-order valence-corrected chi connectivity index (χ1v) is 7.87. The Bertz CT molecular complexity index is 639. The zero-order valence-corrected chi connectivity index (χ0v) is 13.8. The second-order valence-electron chi connectivity index (χ2n) is 5.43. The van der Waals surface area contributed by atoms with Crippen LogP contribution in [0.5, 0.6) is 0 Å². The normalized spacial score (nSPS) is 11.0. The molecule has 1 aromatic carbocycles. The first-order valence-electron chi connectivity index (χ1n) is 7.87. The largest absolute Gasteiger partial charge is 0.382 e. The van der Waals surface area contributed by atoms with E-state index in [-0.39, 0.29) is 11.9 Å². The predicted octanol–water partition coefficient (Wildman–Crippen LogP) is 2.08. The van der Waals surface area contributed by atoms with E-state index in [1.165, 1.54) is 0 Å². The van der Waals surface area contributed by atoms with E-state index in [0.29, 0.717) is 31.1 Å². The topological polar surface area (TPSA) is 81.9 Å². The van der Waals surface area contributed by atoms with Crippen LogP contribution in [0.25, 0.3) is 11.4 Å². The summed E-state index contributed by atoms with van der Waals surface area (Å²) in [5.41, 5.74) is 1.42. The number of benzene rings is 1. The molecule has 0 saturated carbocycles. The lowest BCUT2D eigenvalue weighted by Crippen LogP contribution is -2.25. The zero-order chi connectivity index (χ0) is 16.7. The molecule has 1 aromatic heterocycles. The van der Waals surface area contributed by atoms with E-state index in [2.05, 4.69) is 20.8 Å². The fourth-order valence-corrected chi connectivity index (χ4v) is 2.15. The maximum atomic E-state index is 12.2. The maximum absolute atomic E-state index is 12.2. The molecule has 1 N–H and O–H groups in total. The van der Waals surface area contributed by atoms with Crippen molar-refractivity contribution in [3.8, 4) is 11.4 Å². The van der Waals surface area contributed by atoms with Crippen molar-refractivity contribution >= 4 is 5.91 Å². The minimum absolute atomic E-state index is 0.105. The molecular formula is C16H23N5O2. The number of nitrogens with one attached hydrogen (secondary N) is 1. The molecule has 7 heteroatoms. The van der Waals surface area contributed by atoms with Gasteiger partial charge in [0.2, 0.25) is 0 Å². The summed E-state index contributed by atoms with van der Waals surface area (Å²) in [5, 5.41) is 14.7. The molecule has 7 nitrogen and oxygen atoms in total. The van der Waals surface area contributed by atoms with Crippen LogP contribution in [0, 0.1) is 0 Å². The number of carbonyl (C=O) groups excluding carboxylic acids is 1. The van der Waals surface area contributed by atoms with Gasteiger partial charge in [0.25, 0.3) is 5.91 Å². The molecule has 0 unspecified atom stereocenters. The summed E-state index contributed by atoms with van der Waals surface area (Å²) >= 11 is 0. The third kappa shape index (κ3) is 4.59. The van der Waals surface area contributed by atoms with E-state index in [1.54, 1.807) is 10.7 Å². The highest BCUT2D eigenvalue weighted by Crippen LogP contribution is 2.20. The number of ether oxygens (including phenoxy) is 1. The van der Waals surface area contributed by atoms with Crippen LogP contribution in [-0.4, -0.2) is 45.9 Å². The molecule has 0 aliphatic carbocycles. The lowest BCUT2D eigenvalue weighted by molar-refractivity contribution is 0.0944. The van der Waals surface area contributed by atoms with Gasteiger partial charge in [-0.05, 0) is 49.8 Å². The Kier molecular flexibility index (Phi) is 6.22. The van der Waals surface area contributed by atoms with Crippen molar-refractivity contribution in [2.45, 2.75) is 33.2 Å². The fraction of sp³-hybridized carbons (Fsp3) is 0.500. The molecular weight excluding hydrogens is 294 g/mol. The molecule has 0 bridgehead atoms. The summed E-state index contributed by atoms with van der Waals surface area (Å²) in [7, 11) is 0. The van der Waals surface area contributed by atoms with Crippen molar-refractivity contribution in [2.24, 2.45) is 0 Å². The van der Waals surface area contributed by atoms with Gasteiger partial charge in [0, 0.05) is 30.9 Å². The van der Waals surface area contributed by atoms with Crippen LogP contribution < -0.4 is 5.32 Å². The van der Waals surface area contributed by atoms with Crippen molar-refractivity contribution in [3.05, 3.63) is 29.8 Å². The van der Waals surface area contributed by atoms with Crippen LogP contribution in [0.1, 0.15) is 43.6 Å². The molecule has 0 atom stereocenters. The molecule has 124 valence electrons. The Morgan fingerprint density at radius 2 is 2.22 bits per heavy atom. The summed E-state index contributed by atoms with van der Waals surface area (Å²) in [5.74, 6) is 0.554. The van der Waals surface area contributed by atoms with E-state index in [9.17, 15) is 4.79 Å². The van der Waals surface area contributed by atoms with E-state index in [1.807, 2.05) is 39.0 Å². The van der Waals surface area contributed by atoms with Gasteiger partial charge in [-0.3, -0.25) is 4.79 Å². The van der Waals surface area contributed by atoms with Crippen molar-refractivity contribution in [3.63, 3.8) is 0 Å². The summed E-state index contributed by atoms with van der Waals surface area (Å²) in [6.45, 7) is 7.91. The van der Waals surface area contributed by atoms with Crippen LogP contribution in [0.4, 0.5) is 0 Å². The van der Waals surface area contributed by atoms with Gasteiger partial charge in [0.05, 0.1) is 6.04 Å². The Hall–Kier alpha value is -2.28. The predicted molar refractivity (Wildman–Crippen MR) is 87.1 cm³/mol. The van der Waals surface area contributed by atoms with Gasteiger partial charge in [-0.25, -0.2) is 4.68 Å². The third-order valence-electron chi connectivity index (χ3n) is 3.32. The minimum atomic E-state index is -0.105. The van der Waals surface area contributed by atoms with Gasteiger partial charge < -0.3 is 10.1 Å². The summed E-state index contributed by atoms with van der Waals surface area (Å²) in [6, 6.07) is 7.48. The van der Waals surface area contributed by atoms with Gasteiger partial charge in [-0.15, -0.1) is 5.10 Å². The monoisotopic (exact) mass is 317 g/mol. The number of hydrogen-bond acceptors (Lipinski definition) is 5. The van der Waals surface area contributed by atoms with Crippen LogP contribution in [-0.2, 0) is 4.74 Å². The zero-order valence-electron chi connectivity index (χ0n) is 13.8. The number of rotatable bonds is 8. The molecule has 0 radical (unpaired) electrons. The molecule has 23 heavy (non-hydrogen) atoms. The average molecular weight is 317 g/mol. The first kappa shape index (κ1) is 17.1. The van der Waals surface area contributed by atoms with Gasteiger partial charge in [-0.2, -0.15) is 0 Å². The number of carbonyl (C=O) groups is 1. The van der Waals surface area contributed by atoms with Crippen molar-refractivity contribution < 1.29 is 9.53 Å². The second kappa shape index (κ2) is 8.38. The van der Waals surface area contributed by atoms with Gasteiger partial charge in [0.15, 0.2) is 5.82 Å². The maximum Gasteiger partial charge on any atom is 0.251 e. The van der Waals surface area contributed by atoms with Crippen LogP contribution in [0.2, 0.25) is 0 Å². The van der Waals surface area contributed by atoms with Crippen LogP contribution in [0.15, 0.2) is 24.3 Å². The van der Waals surface area contributed by atoms with Gasteiger partial charge in [0.1, 0.15) is 0 Å². The highest BCUT2D eigenvalue weighted by atomic mass is 16.5. The van der Waals surface area contributed by atoms with E-state index in [4.69, 9.17) is 4.74 Å². The minimum Gasteiger partial charge on any atom is -0.382 e. The summed E-state index contributed by atoms with van der Waals surface area (Å²) < 4.78 is 6.98. The average Bonchev–Trinajstić information content (AvgIpc) is 3.04. The highest BCUT2D eigenvalue weighted by Gasteiger charge is 2.13. The number of tetrazole rings is 1. The SMILES string of the molecule is CCOCCCNC(=O)c1cccc(-c2nnnn2C(C)C)c1. The lowest BCUT2D eigenvalue weighted by Gasteiger charge is -2.09. The lowest BCUT2D eigenvalue weighted by atomic mass is 10.1. The second-order valence-corrected chi connectivity index (χ2v) is 5.43. The van der Waals surface area contributed by atoms with Gasteiger partial charge in [-0.1, -0.05) is 12.1 Å². The fourth-order valence-electron chi connectivity index (χ4n) is 2.15. The quantitative estimate of drug-likeness (QED) is 0.754. The first-order chi connectivity index (χ1) is 11.1. The number of aromatic nitrogens is 4. The van der Waals surface area contributed by atoms with E-state index < -0.39 is 0 Å². The Balaban J connectivity index is 2.04. The van der Waals surface area contributed by atoms with E-state index >= 15 is 0 Å². The number of hydrogen-bond donors (Lipinski definition) is 1. The molecule has 0 spiro atoms. The molecule has 1 amide bonds. The van der Waals surface area contributed by atoms with Crippen LogP contribution in [0.3, 0.4) is 0 Å². The Morgan fingerprint density at radius 1 is 1.39 bits per heavy atom. The van der Waals surface area contributed by atoms with Crippen molar-refractivity contribution in [2.75, 3.05) is 19.8 Å². The molecule has 2 rings (SSSR count). The Labute approximate surface area is 136 Å². The molecule has 1 heterocycles. The third-order valence-corrected chi connectivity index (χ3v) is 3.32. The van der Waals surface area contributed by atoms with Crippen molar-refractivity contribution in [1.82, 2.24) is 25.5 Å². The van der Waals surface area contributed by atoms with Crippen molar-refractivity contribution in [1.29, 1.82) is 0 Å². The number of amides is 1. The molecule has 0 fully saturated rings.